The Morgan fingerprint density at radius 1 is 1.17 bits per heavy atom. The fraction of sp³-hybridized carbons (Fsp3) is 0.368. The summed E-state index contributed by atoms with van der Waals surface area (Å²) >= 11 is 6.12. The maximum atomic E-state index is 13.1. The molecule has 0 unspecified atom stereocenters. The second-order valence-electron chi connectivity index (χ2n) is 6.60. The maximum absolute atomic E-state index is 13.1. The number of nitrogens with zero attached hydrogens (tertiary/aromatic N) is 2. The Balaban J connectivity index is 1.96. The van der Waals surface area contributed by atoms with Gasteiger partial charge in [0.05, 0.1) is 4.90 Å². The molecule has 0 radical (unpaired) electrons. The van der Waals surface area contributed by atoms with Gasteiger partial charge >= 0.3 is 6.61 Å². The first-order valence-corrected chi connectivity index (χ1v) is 10.9. The van der Waals surface area contributed by atoms with E-state index >= 15 is 0 Å². The highest BCUT2D eigenvalue weighted by Crippen LogP contribution is 2.36. The summed E-state index contributed by atoms with van der Waals surface area (Å²) in [6, 6.07) is 10.2. The van der Waals surface area contributed by atoms with Gasteiger partial charge in [0.2, 0.25) is 0 Å². The molecule has 6 nitrogen and oxygen atoms in total. The van der Waals surface area contributed by atoms with E-state index in [0.717, 1.165) is 43.9 Å². The number of nitrogens with one attached hydrogen (secondary N) is 1. The van der Waals surface area contributed by atoms with Gasteiger partial charge in [-0.1, -0.05) is 18.2 Å². The van der Waals surface area contributed by atoms with Crippen LogP contribution in [0.1, 0.15) is 12.0 Å². The van der Waals surface area contributed by atoms with Gasteiger partial charge in [-0.3, -0.25) is 0 Å². The fourth-order valence-electron chi connectivity index (χ4n) is 3.20. The Morgan fingerprint density at radius 3 is 2.69 bits per heavy atom. The number of benzene rings is 2. The normalized spacial score (nSPS) is 15.3. The minimum Gasteiger partial charge on any atom is -0.433 e. The second kappa shape index (κ2) is 9.15. The number of hydrogen-bond acceptors (Lipinski definition) is 5. The van der Waals surface area contributed by atoms with Crippen LogP contribution in [0.4, 0.5) is 20.2 Å². The summed E-state index contributed by atoms with van der Waals surface area (Å²) in [5, 5.41) is 3.31. The highest BCUT2D eigenvalue weighted by Gasteiger charge is 2.28. The van der Waals surface area contributed by atoms with E-state index in [4.69, 9.17) is 11.8 Å². The quantitative estimate of drug-likeness (QED) is 0.686. The van der Waals surface area contributed by atoms with Crippen molar-refractivity contribution in [3.8, 4) is 5.75 Å². The molecule has 0 amide bonds. The monoisotopic (exact) mass is 445 g/mol. The van der Waals surface area contributed by atoms with Crippen LogP contribution in [-0.4, -0.2) is 41.2 Å². The van der Waals surface area contributed by atoms with Gasteiger partial charge in [0.15, 0.2) is 5.75 Å². The van der Waals surface area contributed by atoms with Crippen LogP contribution in [0, 0.1) is 6.92 Å². The number of ether oxygens (including phenoxy) is 1. The van der Waals surface area contributed by atoms with Crippen molar-refractivity contribution in [2.24, 2.45) is 0 Å². The zero-order chi connectivity index (χ0) is 21.0. The summed E-state index contributed by atoms with van der Waals surface area (Å²) in [5.41, 5.74) is 1.56. The lowest BCUT2D eigenvalue weighted by molar-refractivity contribution is -0.0493. The van der Waals surface area contributed by atoms with Gasteiger partial charge in [-0.15, -0.1) is 0 Å². The molecule has 1 fully saturated rings. The van der Waals surface area contributed by atoms with Crippen molar-refractivity contribution in [3.63, 3.8) is 0 Å². The molecular formula is C19H22ClF2N3O3S. The smallest absolute Gasteiger partial charge is 0.387 e. The summed E-state index contributed by atoms with van der Waals surface area (Å²) in [5.74, 6) is -0.327. The van der Waals surface area contributed by atoms with Gasteiger partial charge in [-0.2, -0.15) is 21.0 Å². The van der Waals surface area contributed by atoms with Gasteiger partial charge in [0, 0.05) is 37.1 Å². The first kappa shape index (κ1) is 21.6. The van der Waals surface area contributed by atoms with Crippen molar-refractivity contribution in [2.75, 3.05) is 34.9 Å². The molecule has 0 spiro atoms. The maximum Gasteiger partial charge on any atom is 0.387 e. The number of hydrogen-bond donors (Lipinski definition) is 1. The molecule has 0 atom stereocenters. The van der Waals surface area contributed by atoms with Crippen LogP contribution < -0.4 is 18.8 Å². The number of anilines is 2. The third-order valence-electron chi connectivity index (χ3n) is 4.64. The largest absolute Gasteiger partial charge is 0.433 e. The van der Waals surface area contributed by atoms with Crippen molar-refractivity contribution >= 4 is 33.2 Å². The Kier molecular flexibility index (Phi) is 6.81. The zero-order valence-electron chi connectivity index (χ0n) is 15.8. The van der Waals surface area contributed by atoms with E-state index in [-0.39, 0.29) is 16.3 Å². The summed E-state index contributed by atoms with van der Waals surface area (Å²) < 4.78 is 56.4. The Hall–Kier alpha value is -2.10. The molecule has 1 aliphatic rings. The molecule has 0 saturated carbocycles. The topological polar surface area (TPSA) is 61.9 Å². The molecule has 10 heteroatoms. The molecular weight excluding hydrogens is 424 g/mol. The molecule has 3 rings (SSSR count). The number of sulfonamides is 1. The highest BCUT2D eigenvalue weighted by molar-refractivity contribution is 7.94. The van der Waals surface area contributed by atoms with Gasteiger partial charge in [0.25, 0.3) is 10.0 Å². The van der Waals surface area contributed by atoms with Crippen LogP contribution in [0.5, 0.6) is 5.75 Å². The fourth-order valence-corrected chi connectivity index (χ4v) is 4.67. The SMILES string of the molecule is Cc1ccc(S(=O)(=O)N(Cl)c2ccccc2OC(F)F)cc1N1CCCNCC1. The second-order valence-corrected chi connectivity index (χ2v) is 8.93. The molecule has 158 valence electrons. The lowest BCUT2D eigenvalue weighted by Gasteiger charge is -2.26. The third kappa shape index (κ3) is 4.91. The van der Waals surface area contributed by atoms with Crippen molar-refractivity contribution < 1.29 is 21.9 Å². The first-order valence-electron chi connectivity index (χ1n) is 9.12. The molecule has 2 aromatic carbocycles. The number of rotatable bonds is 6. The minimum atomic E-state index is -4.21. The van der Waals surface area contributed by atoms with Gasteiger partial charge < -0.3 is 15.0 Å². The lowest BCUT2D eigenvalue weighted by Crippen LogP contribution is -2.29. The molecule has 1 saturated heterocycles. The summed E-state index contributed by atoms with van der Waals surface area (Å²) in [6.07, 6.45) is 0.941. The van der Waals surface area contributed by atoms with E-state index in [1.807, 2.05) is 6.92 Å². The molecule has 1 aliphatic heterocycles. The zero-order valence-corrected chi connectivity index (χ0v) is 17.4. The molecule has 0 aromatic heterocycles. The average Bonchev–Trinajstić information content (AvgIpc) is 2.97. The predicted octanol–water partition coefficient (Wildman–Crippen LogP) is 3.75. The lowest BCUT2D eigenvalue weighted by atomic mass is 10.1. The Morgan fingerprint density at radius 2 is 1.93 bits per heavy atom. The Bertz CT molecular complexity index is 951. The van der Waals surface area contributed by atoms with Crippen molar-refractivity contribution in [1.82, 2.24) is 5.32 Å². The summed E-state index contributed by atoms with van der Waals surface area (Å²) in [7, 11) is -4.21. The van der Waals surface area contributed by atoms with Gasteiger partial charge in [-0.05, 0) is 49.7 Å². The molecule has 0 aliphatic carbocycles. The van der Waals surface area contributed by atoms with Gasteiger partial charge in [-0.25, -0.2) is 0 Å². The van der Waals surface area contributed by atoms with Crippen molar-refractivity contribution in [1.29, 1.82) is 0 Å². The third-order valence-corrected chi connectivity index (χ3v) is 6.84. The molecule has 2 aromatic rings. The van der Waals surface area contributed by atoms with Crippen LogP contribution in [0.15, 0.2) is 47.4 Å². The molecule has 1 N–H and O–H groups in total. The van der Waals surface area contributed by atoms with Gasteiger partial charge in [0.1, 0.15) is 5.69 Å². The van der Waals surface area contributed by atoms with E-state index in [2.05, 4.69) is 15.0 Å². The van der Waals surface area contributed by atoms with Crippen LogP contribution in [0.25, 0.3) is 0 Å². The molecule has 1 heterocycles. The van der Waals surface area contributed by atoms with E-state index in [0.29, 0.717) is 3.82 Å². The van der Waals surface area contributed by atoms with Crippen LogP contribution >= 0.6 is 11.8 Å². The van der Waals surface area contributed by atoms with Crippen LogP contribution in [0.3, 0.4) is 0 Å². The van der Waals surface area contributed by atoms with Crippen molar-refractivity contribution in [2.45, 2.75) is 24.9 Å². The van der Waals surface area contributed by atoms with Crippen LogP contribution in [-0.2, 0) is 10.0 Å². The first-order chi connectivity index (χ1) is 13.8. The van der Waals surface area contributed by atoms with E-state index in [1.165, 1.54) is 30.3 Å². The van der Waals surface area contributed by atoms with E-state index in [1.54, 1.807) is 12.1 Å². The number of aryl methyl sites for hydroxylation is 1. The van der Waals surface area contributed by atoms with E-state index < -0.39 is 16.6 Å². The summed E-state index contributed by atoms with van der Waals surface area (Å²) in [6.45, 7) is 2.06. The average molecular weight is 446 g/mol. The minimum absolute atomic E-state index is 0.0304. The van der Waals surface area contributed by atoms with Crippen molar-refractivity contribution in [3.05, 3.63) is 48.0 Å². The highest BCUT2D eigenvalue weighted by atomic mass is 35.5. The number of alkyl halides is 2. The number of halogens is 3. The predicted molar refractivity (Wildman–Crippen MR) is 109 cm³/mol. The summed E-state index contributed by atoms with van der Waals surface area (Å²) in [4.78, 5) is 2.10. The number of para-hydroxylation sites is 2. The van der Waals surface area contributed by atoms with E-state index in [9.17, 15) is 17.2 Å². The Labute approximate surface area is 174 Å². The molecule has 29 heavy (non-hydrogen) atoms. The standard InChI is InChI=1S/C19H22ClF2N3O3S/c1-14-7-8-15(13-17(14)24-11-4-9-23-10-12-24)29(26,27)25(20)16-5-2-3-6-18(16)28-19(21)22/h2-3,5-8,13,19,23H,4,9-12H2,1H3. The van der Waals surface area contributed by atoms with Crippen LogP contribution in [0.2, 0.25) is 0 Å². The molecule has 0 bridgehead atoms.